The minimum atomic E-state index is -3.51. The maximum absolute atomic E-state index is 12.5. The van der Waals surface area contributed by atoms with Crippen molar-refractivity contribution in [3.8, 4) is 5.75 Å². The predicted molar refractivity (Wildman–Crippen MR) is 80.9 cm³/mol. The molecule has 21 heavy (non-hydrogen) atoms. The highest BCUT2D eigenvalue weighted by molar-refractivity contribution is 7.91. The van der Waals surface area contributed by atoms with Gasteiger partial charge in [-0.05, 0) is 48.0 Å². The molecule has 0 unspecified atom stereocenters. The lowest BCUT2D eigenvalue weighted by Gasteiger charge is -2.06. The van der Waals surface area contributed by atoms with Crippen LogP contribution in [0.5, 0.6) is 5.75 Å². The molecule has 2 aromatic rings. The highest BCUT2D eigenvalue weighted by Crippen LogP contribution is 2.23. The van der Waals surface area contributed by atoms with Gasteiger partial charge in [0.15, 0.2) is 0 Å². The monoisotopic (exact) mass is 304 g/mol. The summed E-state index contributed by atoms with van der Waals surface area (Å²) in [6, 6.07) is 12.9. The lowest BCUT2D eigenvalue weighted by Crippen LogP contribution is -2.01. The number of hydrogen-bond acceptors (Lipinski definition) is 4. The normalized spacial score (nSPS) is 11.5. The van der Waals surface area contributed by atoms with Gasteiger partial charge in [-0.1, -0.05) is 12.1 Å². The molecule has 0 fully saturated rings. The largest absolute Gasteiger partial charge is 0.504 e. The van der Waals surface area contributed by atoms with Crippen LogP contribution in [0.25, 0.3) is 6.08 Å². The number of sulfone groups is 1. The first-order valence-corrected chi connectivity index (χ1v) is 7.75. The van der Waals surface area contributed by atoms with Gasteiger partial charge in [-0.2, -0.15) is 0 Å². The summed E-state index contributed by atoms with van der Waals surface area (Å²) >= 11 is 0. The molecule has 2 rings (SSSR count). The zero-order valence-corrected chi connectivity index (χ0v) is 12.6. The Labute approximate surface area is 124 Å². The average Bonchev–Trinajstić information content (AvgIpc) is 2.53. The van der Waals surface area contributed by atoms with Crippen molar-refractivity contribution in [2.45, 2.75) is 9.79 Å². The van der Waals surface area contributed by atoms with E-state index in [9.17, 15) is 8.42 Å². The first-order valence-electron chi connectivity index (χ1n) is 6.26. The standard InChI is InChI=1S/C16H16O4S/c1-19-12-11-13-3-7-15(8-4-13)21(17,18)16-9-5-14(20-2)6-10-16/h3-12H,1-2H3/b12-11+. The fourth-order valence-electron chi connectivity index (χ4n) is 1.80. The van der Waals surface area contributed by atoms with Gasteiger partial charge in [-0.25, -0.2) is 8.42 Å². The molecule has 2 aromatic carbocycles. The fraction of sp³-hybridized carbons (Fsp3) is 0.125. The first kappa shape index (κ1) is 15.1. The zero-order valence-electron chi connectivity index (χ0n) is 11.8. The lowest BCUT2D eigenvalue weighted by molar-refractivity contribution is 0.341. The second-order valence-electron chi connectivity index (χ2n) is 4.29. The van der Waals surface area contributed by atoms with Crippen LogP contribution in [-0.2, 0) is 14.6 Å². The molecule has 0 aliphatic rings. The third-order valence-electron chi connectivity index (χ3n) is 2.96. The molecule has 0 amide bonds. The van der Waals surface area contributed by atoms with E-state index in [1.165, 1.54) is 25.5 Å². The van der Waals surface area contributed by atoms with Crippen molar-refractivity contribution in [1.29, 1.82) is 0 Å². The Kier molecular flexibility index (Phi) is 4.65. The number of hydrogen-bond donors (Lipinski definition) is 0. The van der Waals surface area contributed by atoms with Gasteiger partial charge in [0.05, 0.1) is 30.3 Å². The van der Waals surface area contributed by atoms with E-state index in [4.69, 9.17) is 9.47 Å². The Bertz CT molecular complexity index is 714. The van der Waals surface area contributed by atoms with E-state index in [0.29, 0.717) is 5.75 Å². The minimum Gasteiger partial charge on any atom is -0.504 e. The Morgan fingerprint density at radius 3 is 1.86 bits per heavy atom. The van der Waals surface area contributed by atoms with E-state index in [0.717, 1.165) is 5.56 Å². The molecular formula is C16H16O4S. The van der Waals surface area contributed by atoms with Crippen LogP contribution < -0.4 is 4.74 Å². The first-order chi connectivity index (χ1) is 10.1. The molecule has 0 atom stereocenters. The van der Waals surface area contributed by atoms with E-state index in [2.05, 4.69) is 0 Å². The maximum atomic E-state index is 12.5. The number of rotatable bonds is 5. The van der Waals surface area contributed by atoms with Crippen LogP contribution in [0, 0.1) is 0 Å². The number of methoxy groups -OCH3 is 2. The van der Waals surface area contributed by atoms with Crippen LogP contribution in [0.1, 0.15) is 5.56 Å². The third kappa shape index (κ3) is 3.44. The fourth-order valence-corrected chi connectivity index (χ4v) is 3.06. The van der Waals surface area contributed by atoms with E-state index < -0.39 is 9.84 Å². The van der Waals surface area contributed by atoms with Crippen LogP contribution in [-0.4, -0.2) is 22.6 Å². The zero-order chi connectivity index (χ0) is 15.3. The molecule has 0 saturated heterocycles. The van der Waals surface area contributed by atoms with Crippen molar-refractivity contribution in [2.75, 3.05) is 14.2 Å². The van der Waals surface area contributed by atoms with E-state index in [1.54, 1.807) is 49.6 Å². The molecular weight excluding hydrogens is 288 g/mol. The third-order valence-corrected chi connectivity index (χ3v) is 4.74. The molecule has 0 heterocycles. The SMILES string of the molecule is CO/C=C/c1ccc(S(=O)(=O)c2ccc(OC)cc2)cc1. The molecule has 0 aliphatic carbocycles. The number of ether oxygens (including phenoxy) is 2. The second-order valence-corrected chi connectivity index (χ2v) is 6.24. The van der Waals surface area contributed by atoms with Gasteiger partial charge in [0.25, 0.3) is 0 Å². The highest BCUT2D eigenvalue weighted by Gasteiger charge is 2.17. The highest BCUT2D eigenvalue weighted by atomic mass is 32.2. The van der Waals surface area contributed by atoms with Gasteiger partial charge in [0.2, 0.25) is 9.84 Å². The Morgan fingerprint density at radius 1 is 0.857 bits per heavy atom. The smallest absolute Gasteiger partial charge is 0.206 e. The summed E-state index contributed by atoms with van der Waals surface area (Å²) in [7, 11) is -0.420. The lowest BCUT2D eigenvalue weighted by atomic mass is 10.2. The van der Waals surface area contributed by atoms with Gasteiger partial charge in [0.1, 0.15) is 5.75 Å². The molecule has 0 saturated carbocycles. The quantitative estimate of drug-likeness (QED) is 0.796. The Hall–Kier alpha value is -2.27. The molecule has 0 N–H and O–H groups in total. The van der Waals surface area contributed by atoms with Crippen molar-refractivity contribution >= 4 is 15.9 Å². The summed E-state index contributed by atoms with van der Waals surface area (Å²) in [6.07, 6.45) is 3.29. The van der Waals surface area contributed by atoms with Crippen molar-refractivity contribution in [3.05, 3.63) is 60.4 Å². The number of benzene rings is 2. The summed E-state index contributed by atoms with van der Waals surface area (Å²) in [5.74, 6) is 0.619. The topological polar surface area (TPSA) is 52.6 Å². The molecule has 0 bridgehead atoms. The van der Waals surface area contributed by atoms with Gasteiger partial charge < -0.3 is 9.47 Å². The Morgan fingerprint density at radius 2 is 1.38 bits per heavy atom. The van der Waals surface area contributed by atoms with E-state index in [-0.39, 0.29) is 9.79 Å². The summed E-state index contributed by atoms with van der Waals surface area (Å²) in [4.78, 5) is 0.491. The summed E-state index contributed by atoms with van der Waals surface area (Å²) in [5, 5.41) is 0. The van der Waals surface area contributed by atoms with E-state index >= 15 is 0 Å². The molecule has 5 heteroatoms. The average molecular weight is 304 g/mol. The van der Waals surface area contributed by atoms with Gasteiger partial charge >= 0.3 is 0 Å². The Balaban J connectivity index is 2.32. The second kappa shape index (κ2) is 6.45. The summed E-state index contributed by atoms with van der Waals surface area (Å²) in [5.41, 5.74) is 0.866. The summed E-state index contributed by atoms with van der Waals surface area (Å²) in [6.45, 7) is 0. The van der Waals surface area contributed by atoms with Crippen LogP contribution in [0.3, 0.4) is 0 Å². The van der Waals surface area contributed by atoms with Crippen molar-refractivity contribution in [2.24, 2.45) is 0 Å². The molecule has 0 aliphatic heterocycles. The van der Waals surface area contributed by atoms with Crippen LogP contribution in [0.2, 0.25) is 0 Å². The maximum Gasteiger partial charge on any atom is 0.206 e. The molecule has 0 radical (unpaired) electrons. The summed E-state index contributed by atoms with van der Waals surface area (Å²) < 4.78 is 34.8. The molecule has 0 spiro atoms. The molecule has 110 valence electrons. The van der Waals surface area contributed by atoms with Gasteiger partial charge in [0, 0.05) is 0 Å². The van der Waals surface area contributed by atoms with Crippen molar-refractivity contribution in [3.63, 3.8) is 0 Å². The molecule has 4 nitrogen and oxygen atoms in total. The van der Waals surface area contributed by atoms with Crippen molar-refractivity contribution in [1.82, 2.24) is 0 Å². The van der Waals surface area contributed by atoms with E-state index in [1.807, 2.05) is 0 Å². The van der Waals surface area contributed by atoms with Crippen LogP contribution in [0.15, 0.2) is 64.6 Å². The minimum absolute atomic E-state index is 0.239. The predicted octanol–water partition coefficient (Wildman–Crippen LogP) is 3.15. The van der Waals surface area contributed by atoms with Gasteiger partial charge in [-0.15, -0.1) is 0 Å². The van der Waals surface area contributed by atoms with Gasteiger partial charge in [-0.3, -0.25) is 0 Å². The molecule has 0 aromatic heterocycles. The van der Waals surface area contributed by atoms with Crippen molar-refractivity contribution < 1.29 is 17.9 Å². The van der Waals surface area contributed by atoms with Crippen LogP contribution >= 0.6 is 0 Å². The van der Waals surface area contributed by atoms with Crippen LogP contribution in [0.4, 0.5) is 0 Å².